The van der Waals surface area contributed by atoms with Crippen LogP contribution in [0.1, 0.15) is 19.8 Å². The summed E-state index contributed by atoms with van der Waals surface area (Å²) in [6.45, 7) is 3.42. The van der Waals surface area contributed by atoms with Gasteiger partial charge in [0.1, 0.15) is 5.82 Å². The molecule has 0 radical (unpaired) electrons. The summed E-state index contributed by atoms with van der Waals surface area (Å²) in [5.41, 5.74) is 0.549. The van der Waals surface area contributed by atoms with E-state index in [4.69, 9.17) is 0 Å². The van der Waals surface area contributed by atoms with E-state index in [9.17, 15) is 14.0 Å². The van der Waals surface area contributed by atoms with Crippen LogP contribution in [0.2, 0.25) is 0 Å². The molecular weight excluding hydrogens is 285 g/mol. The minimum absolute atomic E-state index is 0.0339. The van der Waals surface area contributed by atoms with Crippen LogP contribution in [0.25, 0.3) is 0 Å². The van der Waals surface area contributed by atoms with Crippen molar-refractivity contribution >= 4 is 17.5 Å². The van der Waals surface area contributed by atoms with Crippen molar-refractivity contribution in [2.45, 2.75) is 19.8 Å². The van der Waals surface area contributed by atoms with E-state index < -0.39 is 0 Å². The van der Waals surface area contributed by atoms with E-state index >= 15 is 0 Å². The highest BCUT2D eigenvalue weighted by atomic mass is 19.1. The topological polar surface area (TPSA) is 52.7 Å². The smallest absolute Gasteiger partial charge is 0.226 e. The average molecular weight is 309 g/mol. The number of hydrogen-bond donors (Lipinski definition) is 1. The molecule has 5 nitrogen and oxygen atoms in total. The predicted octanol–water partition coefficient (Wildman–Crippen LogP) is 1.95. The van der Waals surface area contributed by atoms with Gasteiger partial charge in [-0.25, -0.2) is 4.39 Å². The Morgan fingerprint density at radius 1 is 1.09 bits per heavy atom. The first-order valence-electron chi connectivity index (χ1n) is 7.34. The molecule has 0 spiro atoms. The molecule has 2 amide bonds. The lowest BCUT2D eigenvalue weighted by atomic mass is 10.2. The monoisotopic (exact) mass is 309 g/mol. The molecule has 0 heterocycles. The lowest BCUT2D eigenvalue weighted by Crippen LogP contribution is -2.34. The molecule has 1 aromatic rings. The number of rotatable bonds is 8. The molecule has 0 unspecified atom stereocenters. The summed E-state index contributed by atoms with van der Waals surface area (Å²) in [7, 11) is 3.96. The minimum atomic E-state index is -0.346. The van der Waals surface area contributed by atoms with Gasteiger partial charge in [-0.2, -0.15) is 0 Å². The van der Waals surface area contributed by atoms with Gasteiger partial charge >= 0.3 is 0 Å². The summed E-state index contributed by atoms with van der Waals surface area (Å²) in [5, 5.41) is 2.69. The third-order valence-electron chi connectivity index (χ3n) is 3.22. The normalized spacial score (nSPS) is 10.6. The Morgan fingerprint density at radius 2 is 1.73 bits per heavy atom. The number of halogens is 1. The molecule has 0 atom stereocenters. The van der Waals surface area contributed by atoms with E-state index in [1.54, 1.807) is 4.90 Å². The third kappa shape index (κ3) is 7.17. The quantitative estimate of drug-likeness (QED) is 0.798. The van der Waals surface area contributed by atoms with Gasteiger partial charge in [-0.15, -0.1) is 0 Å². The van der Waals surface area contributed by atoms with Crippen LogP contribution in [0.5, 0.6) is 0 Å². The molecule has 122 valence electrons. The van der Waals surface area contributed by atoms with Gasteiger partial charge in [-0.05, 0) is 51.3 Å². The fourth-order valence-electron chi connectivity index (χ4n) is 2.00. The van der Waals surface area contributed by atoms with Crippen LogP contribution in [-0.2, 0) is 9.59 Å². The fraction of sp³-hybridized carbons (Fsp3) is 0.500. The van der Waals surface area contributed by atoms with E-state index in [0.717, 1.165) is 13.0 Å². The summed E-state index contributed by atoms with van der Waals surface area (Å²) in [6, 6.07) is 5.59. The van der Waals surface area contributed by atoms with Crippen LogP contribution in [0.15, 0.2) is 24.3 Å². The van der Waals surface area contributed by atoms with Crippen molar-refractivity contribution in [3.05, 3.63) is 30.1 Å². The molecular formula is C16H24FN3O2. The summed E-state index contributed by atoms with van der Waals surface area (Å²) >= 11 is 0. The number of amides is 2. The molecule has 6 heteroatoms. The van der Waals surface area contributed by atoms with Crippen molar-refractivity contribution in [2.75, 3.05) is 39.0 Å². The average Bonchev–Trinajstić information content (AvgIpc) is 2.44. The summed E-state index contributed by atoms with van der Waals surface area (Å²) in [4.78, 5) is 27.2. The second kappa shape index (κ2) is 9.15. The molecule has 0 aliphatic heterocycles. The van der Waals surface area contributed by atoms with E-state index in [1.165, 1.54) is 31.2 Å². The van der Waals surface area contributed by atoms with Crippen LogP contribution in [-0.4, -0.2) is 55.3 Å². The Kier molecular flexibility index (Phi) is 7.52. The SMILES string of the molecule is CC(=O)N(CCCN(C)C)CCC(=O)Nc1ccc(F)cc1. The van der Waals surface area contributed by atoms with Crippen molar-refractivity contribution < 1.29 is 14.0 Å². The molecule has 1 aromatic carbocycles. The third-order valence-corrected chi connectivity index (χ3v) is 3.22. The lowest BCUT2D eigenvalue weighted by Gasteiger charge is -2.21. The molecule has 0 aromatic heterocycles. The number of nitrogens with zero attached hydrogens (tertiary/aromatic N) is 2. The Morgan fingerprint density at radius 3 is 2.27 bits per heavy atom. The minimum Gasteiger partial charge on any atom is -0.342 e. The molecule has 0 fully saturated rings. The van der Waals surface area contributed by atoms with Crippen LogP contribution in [0.4, 0.5) is 10.1 Å². The number of hydrogen-bond acceptors (Lipinski definition) is 3. The molecule has 1 N–H and O–H groups in total. The number of carbonyl (C=O) groups is 2. The number of nitrogens with one attached hydrogen (secondary N) is 1. The van der Waals surface area contributed by atoms with Crippen molar-refractivity contribution in [3.63, 3.8) is 0 Å². The standard InChI is InChI=1S/C16H24FN3O2/c1-13(21)20(11-4-10-19(2)3)12-9-16(22)18-15-7-5-14(17)6-8-15/h5-8H,4,9-12H2,1-3H3,(H,18,22). The Balaban J connectivity index is 2.38. The molecule has 0 saturated heterocycles. The first-order valence-corrected chi connectivity index (χ1v) is 7.34. The van der Waals surface area contributed by atoms with Gasteiger partial charge < -0.3 is 15.1 Å². The second-order valence-corrected chi connectivity index (χ2v) is 5.47. The Hall–Kier alpha value is -1.95. The molecule has 0 aliphatic carbocycles. The lowest BCUT2D eigenvalue weighted by molar-refractivity contribution is -0.129. The maximum absolute atomic E-state index is 12.8. The Bertz CT molecular complexity index is 489. The van der Waals surface area contributed by atoms with Gasteiger partial charge in [-0.3, -0.25) is 9.59 Å². The number of benzene rings is 1. The van der Waals surface area contributed by atoms with Gasteiger partial charge in [0.15, 0.2) is 0 Å². The highest BCUT2D eigenvalue weighted by Gasteiger charge is 2.11. The molecule has 1 rings (SSSR count). The van der Waals surface area contributed by atoms with E-state index in [2.05, 4.69) is 10.2 Å². The first-order chi connectivity index (χ1) is 10.4. The maximum atomic E-state index is 12.8. The maximum Gasteiger partial charge on any atom is 0.226 e. The number of carbonyl (C=O) groups excluding carboxylic acids is 2. The summed E-state index contributed by atoms with van der Waals surface area (Å²) < 4.78 is 12.8. The van der Waals surface area contributed by atoms with Crippen molar-refractivity contribution in [2.24, 2.45) is 0 Å². The second-order valence-electron chi connectivity index (χ2n) is 5.47. The van der Waals surface area contributed by atoms with Gasteiger partial charge in [0.25, 0.3) is 0 Å². The first kappa shape index (κ1) is 18.1. The van der Waals surface area contributed by atoms with Crippen LogP contribution < -0.4 is 5.32 Å². The van der Waals surface area contributed by atoms with E-state index in [0.29, 0.717) is 18.8 Å². The van der Waals surface area contributed by atoms with Crippen LogP contribution in [0.3, 0.4) is 0 Å². The van der Waals surface area contributed by atoms with Crippen molar-refractivity contribution in [1.82, 2.24) is 9.80 Å². The number of anilines is 1. The van der Waals surface area contributed by atoms with Gasteiger partial charge in [0.2, 0.25) is 11.8 Å². The molecule has 0 bridgehead atoms. The fourth-order valence-corrected chi connectivity index (χ4v) is 2.00. The van der Waals surface area contributed by atoms with Crippen molar-refractivity contribution in [1.29, 1.82) is 0 Å². The largest absolute Gasteiger partial charge is 0.342 e. The zero-order valence-corrected chi connectivity index (χ0v) is 13.4. The highest BCUT2D eigenvalue weighted by molar-refractivity contribution is 5.91. The van der Waals surface area contributed by atoms with E-state index in [1.807, 2.05) is 14.1 Å². The van der Waals surface area contributed by atoms with Gasteiger partial charge in [0.05, 0.1) is 0 Å². The van der Waals surface area contributed by atoms with Crippen molar-refractivity contribution in [3.8, 4) is 0 Å². The van der Waals surface area contributed by atoms with Crippen LogP contribution >= 0.6 is 0 Å². The molecule has 0 aliphatic rings. The predicted molar refractivity (Wildman–Crippen MR) is 85.1 cm³/mol. The van der Waals surface area contributed by atoms with Gasteiger partial charge in [-0.1, -0.05) is 0 Å². The molecule has 0 saturated carbocycles. The zero-order valence-electron chi connectivity index (χ0n) is 13.4. The Labute approximate surface area is 131 Å². The summed E-state index contributed by atoms with van der Waals surface area (Å²) in [5.74, 6) is -0.569. The van der Waals surface area contributed by atoms with Crippen LogP contribution in [0, 0.1) is 5.82 Å². The highest BCUT2D eigenvalue weighted by Crippen LogP contribution is 2.08. The molecule has 22 heavy (non-hydrogen) atoms. The van der Waals surface area contributed by atoms with Gasteiger partial charge in [0, 0.05) is 32.1 Å². The zero-order chi connectivity index (χ0) is 16.5. The van der Waals surface area contributed by atoms with E-state index in [-0.39, 0.29) is 24.1 Å². The summed E-state index contributed by atoms with van der Waals surface area (Å²) in [6.07, 6.45) is 1.09.